The first-order chi connectivity index (χ1) is 12.8. The second kappa shape index (κ2) is 6.49. The Labute approximate surface area is 156 Å². The zero-order valence-electron chi connectivity index (χ0n) is 13.8. The summed E-state index contributed by atoms with van der Waals surface area (Å²) in [5.74, 6) is -4.16. The van der Waals surface area contributed by atoms with E-state index in [2.05, 4.69) is 9.97 Å². The van der Waals surface area contributed by atoms with Gasteiger partial charge in [0.1, 0.15) is 5.82 Å². The van der Waals surface area contributed by atoms with Gasteiger partial charge in [-0.2, -0.15) is 13.2 Å². The van der Waals surface area contributed by atoms with E-state index in [4.69, 9.17) is 0 Å². The highest BCUT2D eigenvalue weighted by Gasteiger charge is 2.53. The molecule has 3 aromatic rings. The Kier molecular flexibility index (Phi) is 4.26. The fraction of sp³-hybridized carbons (Fsp3) is 0.278. The molecule has 5 nitrogen and oxygen atoms in total. The second-order valence-corrected chi connectivity index (χ2v) is 7.31. The molecule has 9 heteroatoms. The fourth-order valence-corrected chi connectivity index (χ4v) is 4.03. The van der Waals surface area contributed by atoms with Crippen LogP contribution >= 0.6 is 11.3 Å². The van der Waals surface area contributed by atoms with Gasteiger partial charge in [0.15, 0.2) is 5.82 Å². The molecule has 0 unspecified atom stereocenters. The number of hydrogen-bond donors (Lipinski definition) is 1. The molecule has 0 amide bonds. The normalized spacial score (nSPS) is 20.3. The third kappa shape index (κ3) is 3.23. The van der Waals surface area contributed by atoms with E-state index in [1.165, 1.54) is 16.2 Å². The number of carboxylic acid groups (broad SMARTS) is 1. The standard InChI is InChI=1S/C18H14F3N3O2S/c19-18(20,21)12-9-24(8-11(12)17(25)26)16-10-4-1-2-5-13(10)22-15(23-16)14-6-3-7-27-14/h1-7,11-12H,8-9H2,(H,25,26)/t11-,12-/m1/s1. The molecule has 1 aliphatic heterocycles. The molecule has 3 heterocycles. The van der Waals surface area contributed by atoms with Gasteiger partial charge in [-0.15, -0.1) is 11.3 Å². The predicted molar refractivity (Wildman–Crippen MR) is 95.7 cm³/mol. The van der Waals surface area contributed by atoms with Gasteiger partial charge in [0.2, 0.25) is 0 Å². The summed E-state index contributed by atoms with van der Waals surface area (Å²) in [5.41, 5.74) is 0.605. The van der Waals surface area contributed by atoms with Crippen LogP contribution in [-0.4, -0.2) is 40.3 Å². The molecule has 1 aromatic carbocycles. The number of para-hydroxylation sites is 1. The summed E-state index contributed by atoms with van der Waals surface area (Å²) in [6.07, 6.45) is -4.59. The number of halogens is 3. The lowest BCUT2D eigenvalue weighted by atomic mass is 9.96. The Morgan fingerprint density at radius 1 is 1.15 bits per heavy atom. The summed E-state index contributed by atoms with van der Waals surface area (Å²) in [6.45, 7) is -0.685. The van der Waals surface area contributed by atoms with Crippen LogP contribution in [0.1, 0.15) is 0 Å². The van der Waals surface area contributed by atoms with E-state index < -0.39 is 30.5 Å². The number of nitrogens with zero attached hydrogens (tertiary/aromatic N) is 3. The molecule has 1 fully saturated rings. The Bertz CT molecular complexity index is 991. The molecule has 1 aliphatic rings. The minimum absolute atomic E-state index is 0.246. The van der Waals surface area contributed by atoms with Crippen molar-refractivity contribution in [2.75, 3.05) is 18.0 Å². The van der Waals surface area contributed by atoms with Crippen molar-refractivity contribution >= 4 is 34.0 Å². The fourth-order valence-electron chi connectivity index (χ4n) is 3.38. The maximum absolute atomic E-state index is 13.4. The number of aromatic nitrogens is 2. The number of rotatable bonds is 3. The Balaban J connectivity index is 1.82. The topological polar surface area (TPSA) is 66.3 Å². The molecule has 27 heavy (non-hydrogen) atoms. The van der Waals surface area contributed by atoms with Gasteiger partial charge in [-0.1, -0.05) is 18.2 Å². The number of carbonyl (C=O) groups is 1. The van der Waals surface area contributed by atoms with Crippen LogP contribution in [0, 0.1) is 11.8 Å². The van der Waals surface area contributed by atoms with Crippen molar-refractivity contribution in [3.63, 3.8) is 0 Å². The number of carboxylic acids is 1. The van der Waals surface area contributed by atoms with Gasteiger partial charge >= 0.3 is 12.1 Å². The highest BCUT2D eigenvalue weighted by molar-refractivity contribution is 7.13. The average Bonchev–Trinajstić information content (AvgIpc) is 3.30. The molecule has 0 bridgehead atoms. The molecule has 0 spiro atoms. The van der Waals surface area contributed by atoms with E-state index in [0.717, 1.165) is 4.88 Å². The van der Waals surface area contributed by atoms with Gasteiger partial charge in [0.25, 0.3) is 0 Å². The van der Waals surface area contributed by atoms with Crippen molar-refractivity contribution in [1.29, 1.82) is 0 Å². The van der Waals surface area contributed by atoms with Gasteiger partial charge in [-0.05, 0) is 23.6 Å². The Morgan fingerprint density at radius 3 is 2.56 bits per heavy atom. The minimum Gasteiger partial charge on any atom is -0.481 e. The van der Waals surface area contributed by atoms with Crippen molar-refractivity contribution < 1.29 is 23.1 Å². The number of fused-ring (bicyclic) bond motifs is 1. The molecule has 0 aliphatic carbocycles. The first-order valence-electron chi connectivity index (χ1n) is 8.19. The molecule has 2 atom stereocenters. The van der Waals surface area contributed by atoms with Crippen LogP contribution in [-0.2, 0) is 4.79 Å². The lowest BCUT2D eigenvalue weighted by Crippen LogP contribution is -2.33. The average molecular weight is 393 g/mol. The minimum atomic E-state index is -4.59. The maximum atomic E-state index is 13.4. The second-order valence-electron chi connectivity index (χ2n) is 6.36. The number of benzene rings is 1. The van der Waals surface area contributed by atoms with Crippen LogP contribution in [0.5, 0.6) is 0 Å². The van der Waals surface area contributed by atoms with Crippen LogP contribution in [0.4, 0.5) is 19.0 Å². The lowest BCUT2D eigenvalue weighted by Gasteiger charge is -2.20. The highest BCUT2D eigenvalue weighted by atomic mass is 32.1. The number of anilines is 1. The van der Waals surface area contributed by atoms with Crippen molar-refractivity contribution in [3.05, 3.63) is 41.8 Å². The molecule has 4 rings (SSSR count). The van der Waals surface area contributed by atoms with Gasteiger partial charge in [0, 0.05) is 18.5 Å². The monoisotopic (exact) mass is 393 g/mol. The summed E-state index contributed by atoms with van der Waals surface area (Å²) in [6, 6.07) is 10.7. The molecule has 2 aromatic heterocycles. The number of alkyl halides is 3. The highest BCUT2D eigenvalue weighted by Crippen LogP contribution is 2.40. The third-order valence-electron chi connectivity index (χ3n) is 4.68. The van der Waals surface area contributed by atoms with E-state index in [1.54, 1.807) is 24.3 Å². The van der Waals surface area contributed by atoms with Crippen LogP contribution < -0.4 is 4.90 Å². The summed E-state index contributed by atoms with van der Waals surface area (Å²) in [4.78, 5) is 22.6. The van der Waals surface area contributed by atoms with E-state index in [9.17, 15) is 23.1 Å². The van der Waals surface area contributed by atoms with E-state index in [0.29, 0.717) is 22.5 Å². The zero-order valence-corrected chi connectivity index (χ0v) is 14.7. The maximum Gasteiger partial charge on any atom is 0.394 e. The van der Waals surface area contributed by atoms with Crippen molar-refractivity contribution in [2.24, 2.45) is 11.8 Å². The molecule has 140 valence electrons. The first-order valence-corrected chi connectivity index (χ1v) is 9.07. The molecule has 0 saturated carbocycles. The van der Waals surface area contributed by atoms with E-state index in [-0.39, 0.29) is 6.54 Å². The third-order valence-corrected chi connectivity index (χ3v) is 5.55. The van der Waals surface area contributed by atoms with Gasteiger partial charge in [-0.3, -0.25) is 4.79 Å². The first kappa shape index (κ1) is 17.7. The molecule has 1 N–H and O–H groups in total. The van der Waals surface area contributed by atoms with Gasteiger partial charge in [-0.25, -0.2) is 9.97 Å². The predicted octanol–water partition coefficient (Wildman–Crippen LogP) is 4.06. The molecular weight excluding hydrogens is 379 g/mol. The summed E-state index contributed by atoms with van der Waals surface area (Å²) < 4.78 is 40.1. The van der Waals surface area contributed by atoms with Crippen LogP contribution in [0.25, 0.3) is 21.6 Å². The molecular formula is C18H14F3N3O2S. The lowest BCUT2D eigenvalue weighted by molar-refractivity contribution is -0.187. The van der Waals surface area contributed by atoms with E-state index in [1.807, 2.05) is 17.5 Å². The molecule has 0 radical (unpaired) electrons. The summed E-state index contributed by atoms with van der Waals surface area (Å²) >= 11 is 1.43. The summed E-state index contributed by atoms with van der Waals surface area (Å²) in [5, 5.41) is 11.7. The quantitative estimate of drug-likeness (QED) is 0.727. The smallest absolute Gasteiger partial charge is 0.394 e. The van der Waals surface area contributed by atoms with Gasteiger partial charge in [0.05, 0.1) is 22.2 Å². The molecule has 1 saturated heterocycles. The Hall–Kier alpha value is -2.68. The number of hydrogen-bond acceptors (Lipinski definition) is 5. The van der Waals surface area contributed by atoms with Crippen LogP contribution in [0.2, 0.25) is 0 Å². The SMILES string of the molecule is O=C(O)[C@@H]1CN(c2nc(-c3cccs3)nc3ccccc23)C[C@H]1C(F)(F)F. The van der Waals surface area contributed by atoms with E-state index >= 15 is 0 Å². The Morgan fingerprint density at radius 2 is 1.93 bits per heavy atom. The summed E-state index contributed by atoms with van der Waals surface area (Å²) in [7, 11) is 0. The number of thiophene rings is 1. The van der Waals surface area contributed by atoms with Crippen molar-refractivity contribution in [1.82, 2.24) is 9.97 Å². The van der Waals surface area contributed by atoms with Crippen LogP contribution in [0.3, 0.4) is 0 Å². The van der Waals surface area contributed by atoms with Crippen molar-refractivity contribution in [2.45, 2.75) is 6.18 Å². The van der Waals surface area contributed by atoms with Gasteiger partial charge < -0.3 is 10.0 Å². The number of aliphatic carboxylic acids is 1. The largest absolute Gasteiger partial charge is 0.481 e. The van der Waals surface area contributed by atoms with Crippen molar-refractivity contribution in [3.8, 4) is 10.7 Å². The van der Waals surface area contributed by atoms with Crippen LogP contribution in [0.15, 0.2) is 41.8 Å². The zero-order chi connectivity index (χ0) is 19.2.